The third kappa shape index (κ3) is 3.64. The first-order valence-electron chi connectivity index (χ1n) is 8.81. The van der Waals surface area contributed by atoms with Gasteiger partial charge in [0.15, 0.2) is 0 Å². The third-order valence-corrected chi connectivity index (χ3v) is 4.23. The lowest BCUT2D eigenvalue weighted by molar-refractivity contribution is 0.102. The highest BCUT2D eigenvalue weighted by molar-refractivity contribution is 6.05. The number of nitrogens with zero attached hydrogens (tertiary/aromatic N) is 1. The van der Waals surface area contributed by atoms with Crippen molar-refractivity contribution in [1.82, 2.24) is 0 Å². The Bertz CT molecular complexity index is 1180. The standard InChI is InChI=1S/C23H18N2O3/c1-27-20-13-8-14-21-18(20)15-19(22(26)24-16-9-4-2-5-10-16)23(28-21)25-17-11-6-3-7-12-17/h2-15H,1H3,(H,24,26). The highest BCUT2D eigenvalue weighted by Gasteiger charge is 2.15. The van der Waals surface area contributed by atoms with E-state index in [9.17, 15) is 4.79 Å². The molecular formula is C23H18N2O3. The predicted octanol–water partition coefficient (Wildman–Crippen LogP) is 4.93. The van der Waals surface area contributed by atoms with Crippen molar-refractivity contribution in [1.29, 1.82) is 0 Å². The van der Waals surface area contributed by atoms with Gasteiger partial charge in [-0.2, -0.15) is 0 Å². The summed E-state index contributed by atoms with van der Waals surface area (Å²) in [4.78, 5) is 17.5. The molecule has 0 radical (unpaired) electrons. The van der Waals surface area contributed by atoms with Gasteiger partial charge in [0, 0.05) is 5.69 Å². The van der Waals surface area contributed by atoms with E-state index in [1.165, 1.54) is 0 Å². The van der Waals surface area contributed by atoms with Crippen LogP contribution in [0, 0.1) is 0 Å². The van der Waals surface area contributed by atoms with Crippen LogP contribution in [0.15, 0.2) is 94.3 Å². The molecule has 4 rings (SSSR count). The zero-order chi connectivity index (χ0) is 19.3. The van der Waals surface area contributed by atoms with Gasteiger partial charge in [-0.1, -0.05) is 42.5 Å². The molecule has 5 heteroatoms. The van der Waals surface area contributed by atoms with Crippen molar-refractivity contribution in [2.24, 2.45) is 4.99 Å². The highest BCUT2D eigenvalue weighted by atomic mass is 16.5. The van der Waals surface area contributed by atoms with Crippen molar-refractivity contribution in [2.75, 3.05) is 12.4 Å². The molecule has 28 heavy (non-hydrogen) atoms. The van der Waals surface area contributed by atoms with Crippen LogP contribution in [0.4, 0.5) is 11.4 Å². The molecule has 1 amide bonds. The number of hydrogen-bond acceptors (Lipinski definition) is 4. The molecule has 1 N–H and O–H groups in total. The van der Waals surface area contributed by atoms with E-state index in [0.29, 0.717) is 33.7 Å². The number of fused-ring (bicyclic) bond motifs is 1. The maximum atomic E-state index is 13.0. The quantitative estimate of drug-likeness (QED) is 0.554. The molecule has 0 saturated heterocycles. The molecule has 0 aliphatic heterocycles. The molecule has 0 aliphatic rings. The van der Waals surface area contributed by atoms with Crippen molar-refractivity contribution < 1.29 is 13.9 Å². The molecule has 0 spiro atoms. The van der Waals surface area contributed by atoms with Crippen LogP contribution in [0.2, 0.25) is 0 Å². The molecule has 4 aromatic rings. The Labute approximate surface area is 161 Å². The number of carbonyl (C=O) groups is 1. The molecule has 0 bridgehead atoms. The van der Waals surface area contributed by atoms with Gasteiger partial charge in [-0.3, -0.25) is 4.79 Å². The smallest absolute Gasteiger partial charge is 0.261 e. The van der Waals surface area contributed by atoms with E-state index < -0.39 is 0 Å². The van der Waals surface area contributed by atoms with Crippen LogP contribution in [0.3, 0.4) is 0 Å². The highest BCUT2D eigenvalue weighted by Crippen LogP contribution is 2.25. The Balaban J connectivity index is 1.89. The van der Waals surface area contributed by atoms with Crippen LogP contribution in [-0.2, 0) is 0 Å². The van der Waals surface area contributed by atoms with E-state index in [2.05, 4.69) is 10.3 Å². The number of hydrogen-bond donors (Lipinski definition) is 1. The molecule has 3 aromatic carbocycles. The van der Waals surface area contributed by atoms with Crippen LogP contribution < -0.4 is 15.6 Å². The summed E-state index contributed by atoms with van der Waals surface area (Å²) in [5, 5.41) is 3.59. The van der Waals surface area contributed by atoms with Gasteiger partial charge >= 0.3 is 0 Å². The summed E-state index contributed by atoms with van der Waals surface area (Å²) in [5.41, 5.74) is 2.54. The summed E-state index contributed by atoms with van der Waals surface area (Å²) >= 11 is 0. The second-order valence-corrected chi connectivity index (χ2v) is 6.10. The van der Waals surface area contributed by atoms with Gasteiger partial charge in [0.2, 0.25) is 5.55 Å². The fraction of sp³-hybridized carbons (Fsp3) is 0.0435. The number of para-hydroxylation sites is 2. The number of rotatable bonds is 4. The maximum Gasteiger partial charge on any atom is 0.261 e. The van der Waals surface area contributed by atoms with E-state index in [1.807, 2.05) is 78.9 Å². The zero-order valence-corrected chi connectivity index (χ0v) is 15.3. The second-order valence-electron chi connectivity index (χ2n) is 6.10. The Morgan fingerprint density at radius 3 is 2.36 bits per heavy atom. The number of benzene rings is 3. The lowest BCUT2D eigenvalue weighted by Gasteiger charge is -2.09. The molecule has 0 saturated carbocycles. The number of ether oxygens (including phenoxy) is 1. The molecule has 1 heterocycles. The van der Waals surface area contributed by atoms with Crippen LogP contribution in [0.5, 0.6) is 5.75 Å². The van der Waals surface area contributed by atoms with Crippen LogP contribution in [0.1, 0.15) is 10.4 Å². The molecule has 0 unspecified atom stereocenters. The van der Waals surface area contributed by atoms with E-state index in [4.69, 9.17) is 9.15 Å². The van der Waals surface area contributed by atoms with Gasteiger partial charge < -0.3 is 14.5 Å². The van der Waals surface area contributed by atoms with Crippen LogP contribution in [0.25, 0.3) is 11.0 Å². The Kier molecular flexibility index (Phi) is 4.89. The van der Waals surface area contributed by atoms with Gasteiger partial charge in [0.25, 0.3) is 5.91 Å². The van der Waals surface area contributed by atoms with Crippen molar-refractivity contribution in [3.05, 3.63) is 96.0 Å². The Hall–Kier alpha value is -3.86. The van der Waals surface area contributed by atoms with Gasteiger partial charge in [-0.25, -0.2) is 4.99 Å². The van der Waals surface area contributed by atoms with Crippen molar-refractivity contribution in [2.45, 2.75) is 0 Å². The first-order valence-corrected chi connectivity index (χ1v) is 8.81. The number of nitrogens with one attached hydrogen (secondary N) is 1. The topological polar surface area (TPSA) is 63.8 Å². The first-order chi connectivity index (χ1) is 13.7. The fourth-order valence-electron chi connectivity index (χ4n) is 2.88. The lowest BCUT2D eigenvalue weighted by atomic mass is 10.1. The monoisotopic (exact) mass is 370 g/mol. The number of carbonyl (C=O) groups excluding carboxylic acids is 1. The summed E-state index contributed by atoms with van der Waals surface area (Å²) in [5.74, 6) is 0.318. The normalized spacial score (nSPS) is 11.4. The van der Waals surface area contributed by atoms with Gasteiger partial charge in [0.1, 0.15) is 16.9 Å². The molecule has 138 valence electrons. The Morgan fingerprint density at radius 1 is 0.929 bits per heavy atom. The van der Waals surface area contributed by atoms with Gasteiger partial charge in [-0.15, -0.1) is 0 Å². The van der Waals surface area contributed by atoms with Crippen LogP contribution >= 0.6 is 0 Å². The summed E-state index contributed by atoms with van der Waals surface area (Å²) < 4.78 is 11.4. The summed E-state index contributed by atoms with van der Waals surface area (Å²) in [7, 11) is 1.58. The fourth-order valence-corrected chi connectivity index (χ4v) is 2.88. The Morgan fingerprint density at radius 2 is 1.64 bits per heavy atom. The van der Waals surface area contributed by atoms with E-state index in [-0.39, 0.29) is 11.5 Å². The van der Waals surface area contributed by atoms with E-state index in [1.54, 1.807) is 13.2 Å². The van der Waals surface area contributed by atoms with Crippen molar-refractivity contribution in [3.63, 3.8) is 0 Å². The number of anilines is 1. The summed E-state index contributed by atoms with van der Waals surface area (Å²) in [6.45, 7) is 0. The maximum absolute atomic E-state index is 13.0. The first kappa shape index (κ1) is 17.5. The SMILES string of the molecule is COc1cccc2oc(=Nc3ccccc3)c(C(=O)Nc3ccccc3)cc12. The zero-order valence-electron chi connectivity index (χ0n) is 15.3. The number of amides is 1. The van der Waals surface area contributed by atoms with Gasteiger partial charge in [-0.05, 0) is 42.5 Å². The van der Waals surface area contributed by atoms with Crippen molar-refractivity contribution >= 4 is 28.3 Å². The van der Waals surface area contributed by atoms with E-state index >= 15 is 0 Å². The summed E-state index contributed by atoms with van der Waals surface area (Å²) in [6.07, 6.45) is 0. The van der Waals surface area contributed by atoms with Crippen LogP contribution in [-0.4, -0.2) is 13.0 Å². The molecular weight excluding hydrogens is 352 g/mol. The minimum Gasteiger partial charge on any atom is -0.496 e. The lowest BCUT2D eigenvalue weighted by Crippen LogP contribution is -2.21. The average molecular weight is 370 g/mol. The van der Waals surface area contributed by atoms with Crippen molar-refractivity contribution in [3.8, 4) is 5.75 Å². The second kappa shape index (κ2) is 7.80. The predicted molar refractivity (Wildman–Crippen MR) is 109 cm³/mol. The number of methoxy groups -OCH3 is 1. The molecule has 0 aliphatic carbocycles. The molecule has 0 atom stereocenters. The summed E-state index contributed by atoms with van der Waals surface area (Å²) in [6, 6.07) is 25.9. The minimum absolute atomic E-state index is 0.236. The minimum atomic E-state index is -0.308. The van der Waals surface area contributed by atoms with Gasteiger partial charge in [0.05, 0.1) is 18.2 Å². The average Bonchev–Trinajstić information content (AvgIpc) is 2.74. The largest absolute Gasteiger partial charge is 0.496 e. The van der Waals surface area contributed by atoms with E-state index in [0.717, 1.165) is 0 Å². The molecule has 5 nitrogen and oxygen atoms in total. The molecule has 0 fully saturated rings. The third-order valence-electron chi connectivity index (χ3n) is 4.23. The molecule has 1 aromatic heterocycles.